The summed E-state index contributed by atoms with van der Waals surface area (Å²) in [6.07, 6.45) is 4.91. The fraction of sp³-hybridized carbons (Fsp3) is 0.478. The van der Waals surface area contributed by atoms with Gasteiger partial charge in [-0.1, -0.05) is 31.2 Å². The van der Waals surface area contributed by atoms with Gasteiger partial charge in [-0.05, 0) is 61.6 Å². The molecule has 148 valence electrons. The highest BCUT2D eigenvalue weighted by Gasteiger charge is 2.47. The first kappa shape index (κ1) is 19.2. The predicted octanol–water partition coefficient (Wildman–Crippen LogP) is 4.40. The molecular weight excluding hydrogens is 368 g/mol. The summed E-state index contributed by atoms with van der Waals surface area (Å²) in [5, 5.41) is 5.29. The third-order valence-corrected chi connectivity index (χ3v) is 7.22. The number of carbonyl (C=O) groups is 2. The third kappa shape index (κ3) is 3.60. The largest absolute Gasteiger partial charge is 0.351 e. The van der Waals surface area contributed by atoms with Crippen LogP contribution >= 0.6 is 11.3 Å². The summed E-state index contributed by atoms with van der Waals surface area (Å²) in [5.41, 5.74) is 0.805. The highest BCUT2D eigenvalue weighted by molar-refractivity contribution is 7.09. The topological polar surface area (TPSA) is 49.4 Å². The zero-order chi connectivity index (χ0) is 19.7. The van der Waals surface area contributed by atoms with E-state index in [0.717, 1.165) is 47.6 Å². The molecule has 0 spiro atoms. The lowest BCUT2D eigenvalue weighted by Gasteiger charge is -2.44. The lowest BCUT2D eigenvalue weighted by Crippen LogP contribution is -2.63. The van der Waals surface area contributed by atoms with Gasteiger partial charge in [0.2, 0.25) is 5.91 Å². The van der Waals surface area contributed by atoms with E-state index in [9.17, 15) is 9.59 Å². The van der Waals surface area contributed by atoms with Crippen LogP contribution in [0.1, 0.15) is 60.3 Å². The van der Waals surface area contributed by atoms with E-state index in [1.54, 1.807) is 16.2 Å². The molecule has 28 heavy (non-hydrogen) atoms. The number of rotatable bonds is 4. The molecule has 1 aliphatic carbocycles. The first-order valence-electron chi connectivity index (χ1n) is 10.2. The maximum absolute atomic E-state index is 13.5. The number of hydrogen-bond acceptors (Lipinski definition) is 3. The third-order valence-electron chi connectivity index (χ3n) is 6.36. The Morgan fingerprint density at radius 2 is 1.93 bits per heavy atom. The van der Waals surface area contributed by atoms with E-state index < -0.39 is 5.54 Å². The van der Waals surface area contributed by atoms with Crippen molar-refractivity contribution in [2.24, 2.45) is 5.92 Å². The van der Waals surface area contributed by atoms with Gasteiger partial charge in [-0.15, -0.1) is 11.3 Å². The van der Waals surface area contributed by atoms with Gasteiger partial charge in [0, 0.05) is 22.9 Å². The van der Waals surface area contributed by atoms with Gasteiger partial charge in [0.1, 0.15) is 5.54 Å². The number of fused-ring (bicyclic) bond motifs is 1. The average Bonchev–Trinajstić information content (AvgIpc) is 3.20. The van der Waals surface area contributed by atoms with Gasteiger partial charge in [-0.3, -0.25) is 9.59 Å². The molecule has 0 bridgehead atoms. The van der Waals surface area contributed by atoms with Gasteiger partial charge in [0.25, 0.3) is 5.91 Å². The van der Waals surface area contributed by atoms with E-state index in [0.29, 0.717) is 13.0 Å². The molecule has 1 aromatic carbocycles. The van der Waals surface area contributed by atoms with Crippen LogP contribution < -0.4 is 5.32 Å². The molecule has 4 rings (SSSR count). The van der Waals surface area contributed by atoms with Crippen LogP contribution in [0.5, 0.6) is 0 Å². The number of thiophene rings is 1. The minimum Gasteiger partial charge on any atom is -0.351 e. The number of nitrogens with zero attached hydrogens (tertiary/aromatic N) is 1. The summed E-state index contributed by atoms with van der Waals surface area (Å²) in [4.78, 5) is 29.7. The van der Waals surface area contributed by atoms with Gasteiger partial charge >= 0.3 is 0 Å². The Labute approximate surface area is 170 Å². The predicted molar refractivity (Wildman–Crippen MR) is 112 cm³/mol. The molecule has 4 nitrogen and oxygen atoms in total. The minimum atomic E-state index is -0.876. The summed E-state index contributed by atoms with van der Waals surface area (Å²) in [6, 6.07) is 11.9. The number of hydrogen-bond donors (Lipinski definition) is 1. The van der Waals surface area contributed by atoms with Gasteiger partial charge in [-0.25, -0.2) is 0 Å². The SMILES string of the molecule is CC1CCC(NC(=O)C2(C)Cc3ccccc3C(=O)N2Cc2cccs2)CC1. The number of carbonyl (C=O) groups excluding carboxylic acids is 2. The number of amides is 2. The first-order valence-corrected chi connectivity index (χ1v) is 11.1. The van der Waals surface area contributed by atoms with Gasteiger partial charge in [0.15, 0.2) is 0 Å². The zero-order valence-electron chi connectivity index (χ0n) is 16.6. The van der Waals surface area contributed by atoms with Crippen LogP contribution in [0.15, 0.2) is 41.8 Å². The molecule has 0 saturated heterocycles. The van der Waals surface area contributed by atoms with Crippen molar-refractivity contribution in [3.8, 4) is 0 Å². The summed E-state index contributed by atoms with van der Waals surface area (Å²) in [6.45, 7) is 4.67. The summed E-state index contributed by atoms with van der Waals surface area (Å²) < 4.78 is 0. The molecule has 2 aliphatic rings. The summed E-state index contributed by atoms with van der Waals surface area (Å²) >= 11 is 1.62. The standard InChI is InChI=1S/C23H28N2O2S/c1-16-9-11-18(12-10-16)24-22(27)23(2)14-17-6-3-4-8-20(17)21(26)25(23)15-19-7-5-13-28-19/h3-8,13,16,18H,9-12,14-15H2,1-2H3,(H,24,27). The van der Waals surface area contributed by atoms with E-state index in [2.05, 4.69) is 12.2 Å². The second kappa shape index (κ2) is 7.70. The maximum atomic E-state index is 13.5. The monoisotopic (exact) mass is 396 g/mol. The van der Waals surface area contributed by atoms with Crippen molar-refractivity contribution in [2.75, 3.05) is 0 Å². The minimum absolute atomic E-state index is 0.0218. The van der Waals surface area contributed by atoms with Crippen LogP contribution in [0.2, 0.25) is 0 Å². The Balaban J connectivity index is 1.62. The Hall–Kier alpha value is -2.14. The Morgan fingerprint density at radius 1 is 1.18 bits per heavy atom. The van der Waals surface area contributed by atoms with Gasteiger partial charge < -0.3 is 10.2 Å². The smallest absolute Gasteiger partial charge is 0.255 e. The second-order valence-corrected chi connectivity index (χ2v) is 9.54. The molecule has 0 radical (unpaired) electrons. The maximum Gasteiger partial charge on any atom is 0.255 e. The van der Waals surface area contributed by atoms with Gasteiger partial charge in [-0.2, -0.15) is 0 Å². The Morgan fingerprint density at radius 3 is 2.64 bits per heavy atom. The summed E-state index contributed by atoms with van der Waals surface area (Å²) in [5.74, 6) is 0.666. The fourth-order valence-electron chi connectivity index (χ4n) is 4.47. The van der Waals surface area contributed by atoms with Crippen molar-refractivity contribution >= 4 is 23.2 Å². The van der Waals surface area contributed by atoms with Crippen LogP contribution in [0.3, 0.4) is 0 Å². The molecule has 2 aromatic rings. The quantitative estimate of drug-likeness (QED) is 0.833. The lowest BCUT2D eigenvalue weighted by molar-refractivity contribution is -0.133. The van der Waals surface area contributed by atoms with Crippen LogP contribution in [0, 0.1) is 5.92 Å². The van der Waals surface area contributed by atoms with E-state index in [-0.39, 0.29) is 17.9 Å². The molecule has 1 N–H and O–H groups in total. The molecule has 2 amide bonds. The van der Waals surface area contributed by atoms with Crippen molar-refractivity contribution in [3.05, 3.63) is 57.8 Å². The average molecular weight is 397 g/mol. The number of benzene rings is 1. The second-order valence-electron chi connectivity index (χ2n) is 8.51. The normalized spacial score (nSPS) is 27.4. The van der Waals surface area contributed by atoms with E-state index in [4.69, 9.17) is 0 Å². The Bertz CT molecular complexity index is 855. The van der Waals surface area contributed by atoms with E-state index >= 15 is 0 Å². The summed E-state index contributed by atoms with van der Waals surface area (Å²) in [7, 11) is 0. The van der Waals surface area contributed by atoms with Crippen LogP contribution in [-0.2, 0) is 17.8 Å². The van der Waals surface area contributed by atoms with Crippen LogP contribution in [-0.4, -0.2) is 28.3 Å². The van der Waals surface area contributed by atoms with Crippen molar-refractivity contribution in [2.45, 2.75) is 64.1 Å². The molecule has 1 aliphatic heterocycles. The molecule has 1 saturated carbocycles. The molecule has 1 unspecified atom stereocenters. The first-order chi connectivity index (χ1) is 13.5. The van der Waals surface area contributed by atoms with Crippen molar-refractivity contribution in [1.82, 2.24) is 10.2 Å². The lowest BCUT2D eigenvalue weighted by atomic mass is 9.81. The van der Waals surface area contributed by atoms with Gasteiger partial charge in [0.05, 0.1) is 6.54 Å². The zero-order valence-corrected chi connectivity index (χ0v) is 17.4. The van der Waals surface area contributed by atoms with Crippen molar-refractivity contribution in [3.63, 3.8) is 0 Å². The van der Waals surface area contributed by atoms with E-state index in [1.165, 1.54) is 0 Å². The molecule has 2 heterocycles. The van der Waals surface area contributed by atoms with Crippen LogP contribution in [0.25, 0.3) is 0 Å². The highest BCUT2D eigenvalue weighted by atomic mass is 32.1. The number of nitrogens with one attached hydrogen (secondary N) is 1. The van der Waals surface area contributed by atoms with Crippen molar-refractivity contribution < 1.29 is 9.59 Å². The van der Waals surface area contributed by atoms with Crippen molar-refractivity contribution in [1.29, 1.82) is 0 Å². The molecule has 1 atom stereocenters. The molecule has 1 fully saturated rings. The fourth-order valence-corrected chi connectivity index (χ4v) is 5.16. The highest BCUT2D eigenvalue weighted by Crippen LogP contribution is 2.34. The molecular formula is C23H28N2O2S. The molecule has 1 aromatic heterocycles. The Kier molecular flexibility index (Phi) is 5.28. The molecule has 5 heteroatoms. The van der Waals surface area contributed by atoms with Crippen LogP contribution in [0.4, 0.5) is 0 Å². The van der Waals surface area contributed by atoms with E-state index in [1.807, 2.05) is 48.7 Å².